The van der Waals surface area contributed by atoms with Crippen molar-refractivity contribution in [1.82, 2.24) is 0 Å². The Morgan fingerprint density at radius 3 is 1.88 bits per heavy atom. The number of rotatable bonds is 10. The normalized spacial score (nSPS) is 10.3. The van der Waals surface area contributed by atoms with Crippen molar-refractivity contribution in [1.29, 1.82) is 0 Å². The molecule has 34 heavy (non-hydrogen) atoms. The fourth-order valence-electron chi connectivity index (χ4n) is 2.81. The lowest BCUT2D eigenvalue weighted by Gasteiger charge is -2.09. The SMILES string of the molecule is O=C(CCCC(=O)OCC(=O)Nc1ccc(F)cc1)Nc1ccc(Oc2ccc(Cl)cc2)cc1. The van der Waals surface area contributed by atoms with Gasteiger partial charge in [-0.05, 0) is 79.2 Å². The number of amides is 2. The van der Waals surface area contributed by atoms with E-state index in [1.165, 1.54) is 24.3 Å². The maximum atomic E-state index is 12.9. The molecule has 0 unspecified atom stereocenters. The number of hydrogen-bond donors (Lipinski definition) is 2. The van der Waals surface area contributed by atoms with Crippen LogP contribution in [0.1, 0.15) is 19.3 Å². The Morgan fingerprint density at radius 1 is 0.735 bits per heavy atom. The Labute approximate surface area is 200 Å². The second-order valence-corrected chi connectivity index (χ2v) is 7.63. The topological polar surface area (TPSA) is 93.7 Å². The molecule has 2 N–H and O–H groups in total. The number of benzene rings is 3. The molecule has 3 aromatic rings. The standard InChI is InChI=1S/C25H22ClFN2O5/c26-17-4-12-21(13-5-17)34-22-14-10-20(11-15-22)28-23(30)2-1-3-25(32)33-16-24(31)29-19-8-6-18(27)7-9-19/h4-15H,1-3,16H2,(H,28,30)(H,29,31). The van der Waals surface area contributed by atoms with Gasteiger partial charge in [0.2, 0.25) is 5.91 Å². The minimum atomic E-state index is -0.592. The number of anilines is 2. The summed E-state index contributed by atoms with van der Waals surface area (Å²) >= 11 is 5.85. The Balaban J connectivity index is 1.32. The van der Waals surface area contributed by atoms with Gasteiger partial charge in [0, 0.05) is 29.2 Å². The van der Waals surface area contributed by atoms with Crippen LogP contribution in [0.15, 0.2) is 72.8 Å². The third kappa shape index (κ3) is 8.55. The average molecular weight is 485 g/mol. The summed E-state index contributed by atoms with van der Waals surface area (Å²) in [7, 11) is 0. The van der Waals surface area contributed by atoms with Gasteiger partial charge in [-0.3, -0.25) is 14.4 Å². The zero-order chi connectivity index (χ0) is 24.3. The van der Waals surface area contributed by atoms with E-state index in [1.54, 1.807) is 48.5 Å². The molecule has 0 saturated carbocycles. The molecule has 0 radical (unpaired) electrons. The van der Waals surface area contributed by atoms with Gasteiger partial charge in [0.1, 0.15) is 17.3 Å². The van der Waals surface area contributed by atoms with E-state index >= 15 is 0 Å². The summed E-state index contributed by atoms with van der Waals surface area (Å²) in [4.78, 5) is 35.6. The highest BCUT2D eigenvalue weighted by atomic mass is 35.5. The Hall–Kier alpha value is -3.91. The van der Waals surface area contributed by atoms with E-state index in [4.69, 9.17) is 21.1 Å². The largest absolute Gasteiger partial charge is 0.457 e. The van der Waals surface area contributed by atoms with Crippen molar-refractivity contribution in [2.45, 2.75) is 19.3 Å². The van der Waals surface area contributed by atoms with Crippen LogP contribution in [-0.2, 0) is 19.1 Å². The molecular formula is C25H22ClFN2O5. The molecule has 0 atom stereocenters. The van der Waals surface area contributed by atoms with Crippen molar-refractivity contribution in [2.75, 3.05) is 17.2 Å². The Bertz CT molecular complexity index is 1120. The van der Waals surface area contributed by atoms with E-state index in [0.29, 0.717) is 27.9 Å². The third-order valence-corrected chi connectivity index (χ3v) is 4.72. The molecule has 176 valence electrons. The highest BCUT2D eigenvalue weighted by Crippen LogP contribution is 2.24. The van der Waals surface area contributed by atoms with Gasteiger partial charge in [-0.15, -0.1) is 0 Å². The fraction of sp³-hybridized carbons (Fsp3) is 0.160. The quantitative estimate of drug-likeness (QED) is 0.367. The predicted molar refractivity (Wildman–Crippen MR) is 126 cm³/mol. The third-order valence-electron chi connectivity index (χ3n) is 4.46. The van der Waals surface area contributed by atoms with Gasteiger partial charge in [-0.25, -0.2) is 4.39 Å². The number of esters is 1. The predicted octanol–water partition coefficient (Wildman–Crippen LogP) is 5.56. The molecule has 0 aliphatic rings. The van der Waals surface area contributed by atoms with Gasteiger partial charge < -0.3 is 20.1 Å². The molecule has 3 aromatic carbocycles. The smallest absolute Gasteiger partial charge is 0.306 e. The average Bonchev–Trinajstić information content (AvgIpc) is 2.82. The number of carbonyl (C=O) groups excluding carboxylic acids is 3. The molecule has 0 fully saturated rings. The van der Waals surface area contributed by atoms with Crippen molar-refractivity contribution >= 4 is 40.8 Å². The summed E-state index contributed by atoms with van der Waals surface area (Å²) in [5, 5.41) is 5.84. The fourth-order valence-corrected chi connectivity index (χ4v) is 2.94. The van der Waals surface area contributed by atoms with Crippen molar-refractivity contribution in [3.05, 3.63) is 83.6 Å². The summed E-state index contributed by atoms with van der Waals surface area (Å²) in [5.74, 6) is -0.568. The van der Waals surface area contributed by atoms with Gasteiger partial charge in [-0.2, -0.15) is 0 Å². The summed E-state index contributed by atoms with van der Waals surface area (Å²) in [6, 6.07) is 19.0. The minimum absolute atomic E-state index is 0.00881. The summed E-state index contributed by atoms with van der Waals surface area (Å²) < 4.78 is 23.4. The van der Waals surface area contributed by atoms with Crippen LogP contribution in [-0.4, -0.2) is 24.4 Å². The Morgan fingerprint density at radius 2 is 1.26 bits per heavy atom. The molecule has 3 rings (SSSR count). The van der Waals surface area contributed by atoms with Crippen molar-refractivity contribution in [2.24, 2.45) is 0 Å². The minimum Gasteiger partial charge on any atom is -0.457 e. The molecule has 7 nitrogen and oxygen atoms in total. The number of hydrogen-bond acceptors (Lipinski definition) is 5. The second-order valence-electron chi connectivity index (χ2n) is 7.20. The van der Waals surface area contributed by atoms with Crippen LogP contribution in [0.5, 0.6) is 11.5 Å². The number of nitrogens with one attached hydrogen (secondary N) is 2. The lowest BCUT2D eigenvalue weighted by molar-refractivity contribution is -0.147. The second kappa shape index (κ2) is 12.4. The zero-order valence-electron chi connectivity index (χ0n) is 18.1. The lowest BCUT2D eigenvalue weighted by atomic mass is 10.2. The van der Waals surface area contributed by atoms with Crippen LogP contribution in [0.3, 0.4) is 0 Å². The molecule has 0 aromatic heterocycles. The molecule has 0 heterocycles. The van der Waals surface area contributed by atoms with Gasteiger partial charge in [0.15, 0.2) is 6.61 Å². The van der Waals surface area contributed by atoms with Crippen molar-refractivity contribution in [3.63, 3.8) is 0 Å². The molecule has 0 spiro atoms. The molecule has 0 aliphatic carbocycles. The molecule has 9 heteroatoms. The molecular weight excluding hydrogens is 463 g/mol. The van der Waals surface area contributed by atoms with Gasteiger partial charge in [-0.1, -0.05) is 11.6 Å². The van der Waals surface area contributed by atoms with E-state index in [0.717, 1.165) is 0 Å². The summed E-state index contributed by atoms with van der Waals surface area (Å²) in [6.07, 6.45) is 0.368. The highest BCUT2D eigenvalue weighted by molar-refractivity contribution is 6.30. The summed E-state index contributed by atoms with van der Waals surface area (Å²) in [5.41, 5.74) is 0.984. The lowest BCUT2D eigenvalue weighted by Crippen LogP contribution is -2.21. The first-order chi connectivity index (χ1) is 16.4. The zero-order valence-corrected chi connectivity index (χ0v) is 18.8. The first-order valence-electron chi connectivity index (χ1n) is 10.4. The van der Waals surface area contributed by atoms with Gasteiger partial charge in [0.05, 0.1) is 0 Å². The first-order valence-corrected chi connectivity index (χ1v) is 10.8. The molecule has 2 amide bonds. The van der Waals surface area contributed by atoms with Crippen LogP contribution in [0.2, 0.25) is 5.02 Å². The van der Waals surface area contributed by atoms with E-state index in [-0.39, 0.29) is 25.2 Å². The van der Waals surface area contributed by atoms with Gasteiger partial charge >= 0.3 is 5.97 Å². The maximum Gasteiger partial charge on any atom is 0.306 e. The monoisotopic (exact) mass is 484 g/mol. The molecule has 0 bridgehead atoms. The molecule has 0 aliphatic heterocycles. The summed E-state index contributed by atoms with van der Waals surface area (Å²) in [6.45, 7) is -0.465. The van der Waals surface area contributed by atoms with Crippen LogP contribution in [0.4, 0.5) is 15.8 Å². The van der Waals surface area contributed by atoms with E-state index in [9.17, 15) is 18.8 Å². The first kappa shape index (κ1) is 24.7. The van der Waals surface area contributed by atoms with Crippen LogP contribution in [0.25, 0.3) is 0 Å². The van der Waals surface area contributed by atoms with E-state index in [2.05, 4.69) is 10.6 Å². The highest BCUT2D eigenvalue weighted by Gasteiger charge is 2.10. The van der Waals surface area contributed by atoms with Crippen LogP contribution < -0.4 is 15.4 Å². The van der Waals surface area contributed by atoms with Gasteiger partial charge in [0.25, 0.3) is 5.91 Å². The number of halogens is 2. The number of ether oxygens (including phenoxy) is 2. The van der Waals surface area contributed by atoms with E-state index < -0.39 is 24.3 Å². The molecule has 0 saturated heterocycles. The Kier molecular flexibility index (Phi) is 8.99. The number of carbonyl (C=O) groups is 3. The van der Waals surface area contributed by atoms with E-state index in [1.807, 2.05) is 0 Å². The maximum absolute atomic E-state index is 12.9. The van der Waals surface area contributed by atoms with Crippen LogP contribution >= 0.6 is 11.6 Å². The van der Waals surface area contributed by atoms with Crippen molar-refractivity contribution in [3.8, 4) is 11.5 Å². The van der Waals surface area contributed by atoms with Crippen molar-refractivity contribution < 1.29 is 28.2 Å². The van der Waals surface area contributed by atoms with Crippen LogP contribution in [0, 0.1) is 5.82 Å².